The summed E-state index contributed by atoms with van der Waals surface area (Å²) in [5.74, 6) is 1.34. The third kappa shape index (κ3) is 4.85. The van der Waals surface area contributed by atoms with Crippen LogP contribution in [-0.2, 0) is 21.4 Å². The smallest absolute Gasteiger partial charge is 0.260 e. The molecule has 2 aliphatic heterocycles. The van der Waals surface area contributed by atoms with Crippen molar-refractivity contribution in [3.63, 3.8) is 0 Å². The van der Waals surface area contributed by atoms with Crippen molar-refractivity contribution in [3.05, 3.63) is 60.2 Å². The molecule has 7 nitrogen and oxygen atoms in total. The monoisotopic (exact) mass is 444 g/mol. The second-order valence-electron chi connectivity index (χ2n) is 8.04. The van der Waals surface area contributed by atoms with Gasteiger partial charge in [0.15, 0.2) is 6.61 Å². The summed E-state index contributed by atoms with van der Waals surface area (Å²) in [6, 6.07) is 16.7. The van der Waals surface area contributed by atoms with Crippen LogP contribution in [0.2, 0.25) is 0 Å². The summed E-state index contributed by atoms with van der Waals surface area (Å²) in [4.78, 5) is 14.3. The minimum absolute atomic E-state index is 0.0321. The summed E-state index contributed by atoms with van der Waals surface area (Å²) < 4.78 is 38.7. The quantitative estimate of drug-likeness (QED) is 0.684. The molecule has 2 atom stereocenters. The fourth-order valence-corrected chi connectivity index (χ4v) is 6.61. The van der Waals surface area contributed by atoms with E-state index in [4.69, 9.17) is 9.47 Å². The number of carbonyl (C=O) groups is 1. The van der Waals surface area contributed by atoms with E-state index in [-0.39, 0.29) is 18.4 Å². The van der Waals surface area contributed by atoms with E-state index in [0.29, 0.717) is 44.8 Å². The molecular formula is C23H28N2O5S. The van der Waals surface area contributed by atoms with Crippen LogP contribution in [0.15, 0.2) is 54.6 Å². The Morgan fingerprint density at radius 2 is 1.71 bits per heavy atom. The Balaban J connectivity index is 1.35. The molecule has 0 aliphatic carbocycles. The van der Waals surface area contributed by atoms with Gasteiger partial charge >= 0.3 is 0 Å². The molecule has 2 aromatic rings. The Hall–Kier alpha value is -2.58. The number of amides is 1. The first kappa shape index (κ1) is 21.6. The molecular weight excluding hydrogens is 416 g/mol. The fraction of sp³-hybridized carbons (Fsp3) is 0.435. The normalized spacial score (nSPS) is 23.1. The zero-order chi connectivity index (χ0) is 21.8. The van der Waals surface area contributed by atoms with Gasteiger partial charge in [-0.2, -0.15) is 4.31 Å². The molecule has 1 amide bonds. The minimum atomic E-state index is -3.40. The van der Waals surface area contributed by atoms with Crippen molar-refractivity contribution in [2.45, 2.75) is 24.6 Å². The Morgan fingerprint density at radius 3 is 2.42 bits per heavy atom. The van der Waals surface area contributed by atoms with Gasteiger partial charge in [0.25, 0.3) is 5.91 Å². The zero-order valence-electron chi connectivity index (χ0n) is 17.6. The first-order valence-electron chi connectivity index (χ1n) is 10.5. The lowest BCUT2D eigenvalue weighted by molar-refractivity contribution is -0.133. The number of para-hydroxylation sites is 1. The van der Waals surface area contributed by atoms with Crippen molar-refractivity contribution in [3.8, 4) is 11.5 Å². The van der Waals surface area contributed by atoms with E-state index in [1.165, 1.54) is 0 Å². The van der Waals surface area contributed by atoms with Gasteiger partial charge in [0, 0.05) is 26.2 Å². The predicted molar refractivity (Wildman–Crippen MR) is 117 cm³/mol. The second-order valence-corrected chi connectivity index (χ2v) is 10.2. The molecule has 2 aromatic carbocycles. The predicted octanol–water partition coefficient (Wildman–Crippen LogP) is 2.53. The summed E-state index contributed by atoms with van der Waals surface area (Å²) in [7, 11) is -1.79. The number of fused-ring (bicyclic) bond motifs is 1. The van der Waals surface area contributed by atoms with Gasteiger partial charge in [-0.05, 0) is 48.6 Å². The molecule has 2 heterocycles. The number of rotatable bonds is 6. The van der Waals surface area contributed by atoms with Gasteiger partial charge < -0.3 is 14.4 Å². The van der Waals surface area contributed by atoms with Crippen molar-refractivity contribution in [1.29, 1.82) is 0 Å². The van der Waals surface area contributed by atoms with Crippen molar-refractivity contribution < 1.29 is 22.7 Å². The van der Waals surface area contributed by atoms with Crippen LogP contribution < -0.4 is 9.47 Å². The van der Waals surface area contributed by atoms with E-state index < -0.39 is 15.3 Å². The van der Waals surface area contributed by atoms with E-state index in [1.54, 1.807) is 16.3 Å². The van der Waals surface area contributed by atoms with Crippen LogP contribution in [0.4, 0.5) is 0 Å². The summed E-state index contributed by atoms with van der Waals surface area (Å²) in [6.07, 6.45) is 1.14. The van der Waals surface area contributed by atoms with Crippen LogP contribution >= 0.6 is 0 Å². The minimum Gasteiger partial charge on any atom is -0.497 e. The van der Waals surface area contributed by atoms with Gasteiger partial charge in [0.05, 0.1) is 12.4 Å². The van der Waals surface area contributed by atoms with Crippen LogP contribution in [0, 0.1) is 5.92 Å². The van der Waals surface area contributed by atoms with Gasteiger partial charge in [-0.1, -0.05) is 30.3 Å². The van der Waals surface area contributed by atoms with Gasteiger partial charge in [0.1, 0.15) is 11.5 Å². The van der Waals surface area contributed by atoms with Gasteiger partial charge in [0.2, 0.25) is 10.0 Å². The van der Waals surface area contributed by atoms with Crippen LogP contribution in [0.3, 0.4) is 0 Å². The lowest BCUT2D eigenvalue weighted by atomic mass is 10.0. The van der Waals surface area contributed by atoms with E-state index in [0.717, 1.165) is 11.3 Å². The topological polar surface area (TPSA) is 76.2 Å². The van der Waals surface area contributed by atoms with E-state index in [2.05, 4.69) is 0 Å². The number of methoxy groups -OCH3 is 1. The van der Waals surface area contributed by atoms with Crippen molar-refractivity contribution in [1.82, 2.24) is 9.21 Å². The Labute approximate surface area is 183 Å². The average Bonchev–Trinajstić information content (AvgIpc) is 2.92. The molecule has 0 bridgehead atoms. The maximum absolute atomic E-state index is 13.2. The lowest BCUT2D eigenvalue weighted by Gasteiger charge is -2.22. The highest BCUT2D eigenvalue weighted by Crippen LogP contribution is 2.35. The highest BCUT2D eigenvalue weighted by Gasteiger charge is 2.47. The molecule has 4 rings (SSSR count). The average molecular weight is 445 g/mol. The first-order chi connectivity index (χ1) is 15.0. The number of hydrogen-bond donors (Lipinski definition) is 0. The summed E-state index contributed by atoms with van der Waals surface area (Å²) in [5.41, 5.74) is 0.940. The molecule has 2 fully saturated rings. The van der Waals surface area contributed by atoms with Crippen LogP contribution in [0.1, 0.15) is 18.4 Å². The van der Waals surface area contributed by atoms with E-state index in [9.17, 15) is 13.2 Å². The lowest BCUT2D eigenvalue weighted by Crippen LogP contribution is -2.37. The third-order valence-electron chi connectivity index (χ3n) is 6.14. The van der Waals surface area contributed by atoms with Crippen molar-refractivity contribution in [2.75, 3.05) is 33.4 Å². The molecule has 0 N–H and O–H groups in total. The fourth-order valence-electron chi connectivity index (χ4n) is 4.39. The van der Waals surface area contributed by atoms with Crippen molar-refractivity contribution in [2.24, 2.45) is 5.92 Å². The summed E-state index contributed by atoms with van der Waals surface area (Å²) in [5, 5.41) is -0.432. The molecule has 2 saturated heterocycles. The number of nitrogens with zero attached hydrogens (tertiary/aromatic N) is 2. The summed E-state index contributed by atoms with van der Waals surface area (Å²) in [6.45, 7) is 1.84. The number of carbonyl (C=O) groups excluding carboxylic acids is 1. The molecule has 0 radical (unpaired) electrons. The Morgan fingerprint density at radius 1 is 1.00 bits per heavy atom. The molecule has 8 heteroatoms. The largest absolute Gasteiger partial charge is 0.497 e. The summed E-state index contributed by atoms with van der Waals surface area (Å²) >= 11 is 0. The second kappa shape index (κ2) is 9.28. The molecule has 0 aromatic heterocycles. The van der Waals surface area contributed by atoms with Gasteiger partial charge in [-0.15, -0.1) is 0 Å². The van der Waals surface area contributed by atoms with E-state index >= 15 is 0 Å². The standard InChI is InChI=1S/C23H28N2O5S/c1-29-20-9-7-18(8-10-20)15-25-16-19-11-13-24(14-12-22(19)31(25,27)28)23(26)17-30-21-5-3-2-4-6-21/h2-10,19,22H,11-17H2,1H3/t19-,22-/m1/s1. The number of likely N-dealkylation sites (tertiary alicyclic amines) is 1. The van der Waals surface area contributed by atoms with Gasteiger partial charge in [-0.25, -0.2) is 8.42 Å². The van der Waals surface area contributed by atoms with Crippen LogP contribution in [0.5, 0.6) is 11.5 Å². The van der Waals surface area contributed by atoms with Crippen LogP contribution in [-0.4, -0.2) is 62.1 Å². The molecule has 0 unspecified atom stereocenters. The number of sulfonamides is 1. The van der Waals surface area contributed by atoms with Gasteiger partial charge in [-0.3, -0.25) is 4.79 Å². The first-order valence-corrected chi connectivity index (χ1v) is 12.0. The number of hydrogen-bond acceptors (Lipinski definition) is 5. The molecule has 166 valence electrons. The number of ether oxygens (including phenoxy) is 2. The number of benzene rings is 2. The highest BCUT2D eigenvalue weighted by molar-refractivity contribution is 7.90. The SMILES string of the molecule is COc1ccc(CN2C[C@H]3CCN(C(=O)COc4ccccc4)CC[C@H]3S2(=O)=O)cc1. The molecule has 0 saturated carbocycles. The van der Waals surface area contributed by atoms with Crippen LogP contribution in [0.25, 0.3) is 0 Å². The maximum Gasteiger partial charge on any atom is 0.260 e. The maximum atomic E-state index is 13.2. The molecule has 31 heavy (non-hydrogen) atoms. The molecule has 0 spiro atoms. The Bertz CT molecular complexity index is 994. The third-order valence-corrected chi connectivity index (χ3v) is 8.52. The highest BCUT2D eigenvalue weighted by atomic mass is 32.2. The van der Waals surface area contributed by atoms with E-state index in [1.807, 2.05) is 54.6 Å². The van der Waals surface area contributed by atoms with Crippen molar-refractivity contribution >= 4 is 15.9 Å². The molecule has 2 aliphatic rings. The Kier molecular flexibility index (Phi) is 6.48. The zero-order valence-corrected chi connectivity index (χ0v) is 18.5.